The number of ether oxygens (including phenoxy) is 1. The van der Waals surface area contributed by atoms with E-state index in [9.17, 15) is 18.9 Å². The van der Waals surface area contributed by atoms with Crippen molar-refractivity contribution in [1.82, 2.24) is 9.55 Å². The number of aldehydes is 1. The van der Waals surface area contributed by atoms with Crippen molar-refractivity contribution in [2.45, 2.75) is 52.6 Å². The minimum absolute atomic E-state index is 0.0619. The van der Waals surface area contributed by atoms with Crippen LogP contribution in [0.3, 0.4) is 0 Å². The number of aryl methyl sites for hydroxylation is 1. The van der Waals surface area contributed by atoms with Crippen molar-refractivity contribution in [2.75, 3.05) is 6.61 Å². The van der Waals surface area contributed by atoms with E-state index in [2.05, 4.69) is 4.98 Å². The van der Waals surface area contributed by atoms with Crippen molar-refractivity contribution in [1.29, 1.82) is 0 Å². The summed E-state index contributed by atoms with van der Waals surface area (Å²) < 4.78 is 35.8. The van der Waals surface area contributed by atoms with E-state index in [1.54, 1.807) is 6.07 Å². The molecule has 1 N–H and O–H groups in total. The Kier molecular flexibility index (Phi) is 7.27. The SMILES string of the molecule is CC.Cc1ccc2c(c1)COP(=O)(OCC1CCC(n3cc(C=O)c(=O)[nH]c3=O)O1)O2. The summed E-state index contributed by atoms with van der Waals surface area (Å²) in [5.74, 6) is 0.455. The van der Waals surface area contributed by atoms with Crippen molar-refractivity contribution >= 4 is 14.1 Å². The van der Waals surface area contributed by atoms with Gasteiger partial charge in [0.2, 0.25) is 0 Å². The third kappa shape index (κ3) is 5.22. The lowest BCUT2D eigenvalue weighted by molar-refractivity contribution is -0.0264. The van der Waals surface area contributed by atoms with Gasteiger partial charge in [0.05, 0.1) is 24.9 Å². The van der Waals surface area contributed by atoms with Crippen LogP contribution in [0.1, 0.15) is 54.4 Å². The molecule has 0 bridgehead atoms. The Morgan fingerprint density at radius 3 is 2.81 bits per heavy atom. The van der Waals surface area contributed by atoms with Crippen molar-refractivity contribution in [3.63, 3.8) is 0 Å². The van der Waals surface area contributed by atoms with Crippen molar-refractivity contribution in [2.24, 2.45) is 0 Å². The van der Waals surface area contributed by atoms with E-state index in [-0.39, 0.29) is 18.8 Å². The summed E-state index contributed by atoms with van der Waals surface area (Å²) in [5.41, 5.74) is 0.232. The molecule has 11 heteroatoms. The summed E-state index contributed by atoms with van der Waals surface area (Å²) in [5, 5.41) is 0. The zero-order chi connectivity index (χ0) is 22.6. The van der Waals surface area contributed by atoms with Crippen LogP contribution in [-0.2, 0) is 25.0 Å². The summed E-state index contributed by atoms with van der Waals surface area (Å²) in [4.78, 5) is 36.5. The van der Waals surface area contributed by atoms with Crippen LogP contribution in [0.2, 0.25) is 0 Å². The number of nitrogens with one attached hydrogen (secondary N) is 1. The number of rotatable bonds is 5. The number of benzene rings is 1. The second-order valence-electron chi connectivity index (χ2n) is 6.88. The molecule has 0 amide bonds. The highest BCUT2D eigenvalue weighted by Crippen LogP contribution is 2.54. The van der Waals surface area contributed by atoms with Gasteiger partial charge in [-0.3, -0.25) is 28.2 Å². The minimum Gasteiger partial charge on any atom is -0.404 e. The first-order chi connectivity index (χ1) is 14.9. The second kappa shape index (κ2) is 9.74. The van der Waals surface area contributed by atoms with Crippen molar-refractivity contribution < 1.29 is 27.7 Å². The smallest absolute Gasteiger partial charge is 0.404 e. The predicted octanol–water partition coefficient (Wildman–Crippen LogP) is 3.10. The lowest BCUT2D eigenvalue weighted by Gasteiger charge is -2.26. The highest BCUT2D eigenvalue weighted by Gasteiger charge is 2.37. The molecule has 3 unspecified atom stereocenters. The Balaban J connectivity index is 0.00000132. The number of aromatic nitrogens is 2. The number of H-pyrrole nitrogens is 1. The van der Waals surface area contributed by atoms with E-state index in [0.29, 0.717) is 24.9 Å². The van der Waals surface area contributed by atoms with E-state index >= 15 is 0 Å². The Hall–Kier alpha value is -2.52. The fourth-order valence-electron chi connectivity index (χ4n) is 3.26. The van der Waals surface area contributed by atoms with Gasteiger partial charge in [-0.25, -0.2) is 9.36 Å². The molecular weight excluding hydrogens is 427 g/mol. The first kappa shape index (κ1) is 23.1. The number of phosphoric acid groups is 1. The van der Waals surface area contributed by atoms with E-state index in [4.69, 9.17) is 18.3 Å². The van der Waals surface area contributed by atoms with Gasteiger partial charge in [-0.15, -0.1) is 0 Å². The minimum atomic E-state index is -3.78. The highest BCUT2D eigenvalue weighted by atomic mass is 31.2. The standard InChI is InChI=1S/C18H19N2O8P.C2H6/c1-11-2-4-15-12(6-11)9-25-29(24,28-15)26-10-14-3-5-16(27-14)20-7-13(8-21)17(22)19-18(20)23;1-2/h2,4,6-8,14,16H,3,5,9-10H2,1H3,(H,19,22,23);1-2H3. The molecule has 2 aliphatic rings. The molecule has 2 aromatic rings. The molecule has 0 spiro atoms. The van der Waals surface area contributed by atoms with Crippen LogP contribution in [-0.4, -0.2) is 28.5 Å². The first-order valence-electron chi connectivity index (χ1n) is 10.0. The van der Waals surface area contributed by atoms with Gasteiger partial charge in [-0.2, -0.15) is 0 Å². The summed E-state index contributed by atoms with van der Waals surface area (Å²) >= 11 is 0. The van der Waals surface area contributed by atoms with E-state index < -0.39 is 31.4 Å². The number of fused-ring (bicyclic) bond motifs is 1. The van der Waals surface area contributed by atoms with Crippen molar-refractivity contribution in [3.8, 4) is 5.75 Å². The van der Waals surface area contributed by atoms with Gasteiger partial charge >= 0.3 is 13.5 Å². The van der Waals surface area contributed by atoms with Crippen LogP contribution in [0.25, 0.3) is 0 Å². The molecule has 0 radical (unpaired) electrons. The van der Waals surface area contributed by atoms with Gasteiger partial charge in [0.1, 0.15) is 12.0 Å². The summed E-state index contributed by atoms with van der Waals surface area (Å²) in [7, 11) is -3.78. The lowest BCUT2D eigenvalue weighted by atomic mass is 10.1. The summed E-state index contributed by atoms with van der Waals surface area (Å²) in [6.07, 6.45) is 1.36. The molecule has 3 atom stereocenters. The Labute approximate surface area is 178 Å². The zero-order valence-corrected chi connectivity index (χ0v) is 18.4. The number of hydrogen-bond acceptors (Lipinski definition) is 8. The maximum atomic E-state index is 12.7. The summed E-state index contributed by atoms with van der Waals surface area (Å²) in [6, 6.07) is 5.45. The highest BCUT2D eigenvalue weighted by molar-refractivity contribution is 7.49. The largest absolute Gasteiger partial charge is 0.530 e. The Morgan fingerprint density at radius 2 is 2.06 bits per heavy atom. The number of phosphoric ester groups is 1. The second-order valence-corrected chi connectivity index (χ2v) is 8.47. The molecule has 1 aromatic heterocycles. The van der Waals surface area contributed by atoms with Crippen LogP contribution < -0.4 is 15.8 Å². The quantitative estimate of drug-likeness (QED) is 0.542. The Morgan fingerprint density at radius 1 is 1.29 bits per heavy atom. The monoisotopic (exact) mass is 452 g/mol. The van der Waals surface area contributed by atoms with Crippen LogP contribution in [0.15, 0.2) is 34.0 Å². The zero-order valence-electron chi connectivity index (χ0n) is 17.5. The number of nitrogens with zero attached hydrogens (tertiary/aromatic N) is 1. The van der Waals surface area contributed by atoms with Gasteiger partial charge < -0.3 is 9.26 Å². The normalized spacial score (nSPS) is 24.5. The lowest BCUT2D eigenvalue weighted by Crippen LogP contribution is -2.34. The average molecular weight is 452 g/mol. The molecule has 1 saturated heterocycles. The fourth-order valence-corrected chi connectivity index (χ4v) is 4.50. The van der Waals surface area contributed by atoms with E-state index in [0.717, 1.165) is 21.9 Å². The third-order valence-corrected chi connectivity index (χ3v) is 6.07. The third-order valence-electron chi connectivity index (χ3n) is 4.74. The van der Waals surface area contributed by atoms with Crippen LogP contribution in [0, 0.1) is 6.92 Å². The molecule has 4 rings (SSSR count). The molecule has 1 fully saturated rings. The molecule has 1 aromatic carbocycles. The first-order valence-corrected chi connectivity index (χ1v) is 11.5. The van der Waals surface area contributed by atoms with Crippen LogP contribution in [0.4, 0.5) is 0 Å². The van der Waals surface area contributed by atoms with Crippen LogP contribution in [0.5, 0.6) is 5.75 Å². The molecule has 168 valence electrons. The van der Waals surface area contributed by atoms with Gasteiger partial charge in [0.15, 0.2) is 6.29 Å². The predicted molar refractivity (Wildman–Crippen MR) is 111 cm³/mol. The Bertz CT molecular complexity index is 1110. The number of hydrogen-bond donors (Lipinski definition) is 1. The fraction of sp³-hybridized carbons (Fsp3) is 0.450. The van der Waals surface area contributed by atoms with Gasteiger partial charge in [-0.1, -0.05) is 31.5 Å². The maximum absolute atomic E-state index is 12.7. The van der Waals surface area contributed by atoms with Gasteiger partial charge in [-0.05, 0) is 25.8 Å². The molecule has 0 saturated carbocycles. The number of carbonyl (C=O) groups excluding carboxylic acids is 1. The molecule has 10 nitrogen and oxygen atoms in total. The van der Waals surface area contributed by atoms with Gasteiger partial charge in [0.25, 0.3) is 5.56 Å². The molecule has 3 heterocycles. The summed E-state index contributed by atoms with van der Waals surface area (Å²) in [6.45, 7) is 5.99. The number of carbonyl (C=O) groups is 1. The molecule has 2 aliphatic heterocycles. The van der Waals surface area contributed by atoms with Crippen molar-refractivity contribution in [3.05, 3.63) is 61.9 Å². The average Bonchev–Trinajstić information content (AvgIpc) is 3.23. The molecule has 31 heavy (non-hydrogen) atoms. The van der Waals surface area contributed by atoms with E-state index in [1.165, 1.54) is 0 Å². The topological polar surface area (TPSA) is 126 Å². The van der Waals surface area contributed by atoms with E-state index in [1.807, 2.05) is 32.9 Å². The van der Waals surface area contributed by atoms with Crippen LogP contribution >= 0.6 is 7.82 Å². The maximum Gasteiger partial charge on any atom is 0.530 e. The number of aromatic amines is 1. The molecule has 0 aliphatic carbocycles. The van der Waals surface area contributed by atoms with Gasteiger partial charge in [0, 0.05) is 11.8 Å². The molecular formula is C20H25N2O8P.